The smallest absolute Gasteiger partial charge is 0.210 e. The quantitative estimate of drug-likeness (QED) is 0.461. The first-order chi connectivity index (χ1) is 2.77. The average molecular weight is 78.1 g/mol. The van der Waals surface area contributed by atoms with Crippen LogP contribution in [0.15, 0.2) is 0 Å². The van der Waals surface area contributed by atoms with E-state index in [1.54, 1.807) is 6.92 Å². The molecule has 0 aliphatic rings. The van der Waals surface area contributed by atoms with Crippen LogP contribution >= 0.6 is 0 Å². The summed E-state index contributed by atoms with van der Waals surface area (Å²) in [5.41, 5.74) is 0. The van der Waals surface area contributed by atoms with Crippen LogP contribution < -0.4 is 0 Å². The van der Waals surface area contributed by atoms with Crippen LogP contribution in [0.5, 0.6) is 0 Å². The Labute approximate surface area is 32.5 Å². The third kappa shape index (κ3) is 3.92. The van der Waals surface area contributed by atoms with Gasteiger partial charge in [0, 0.05) is 0 Å². The molecule has 2 nitrogen and oxygen atoms in total. The highest BCUT2D eigenvalue weighted by Gasteiger charge is 1.83. The van der Waals surface area contributed by atoms with Gasteiger partial charge >= 0.3 is 0 Å². The minimum atomic E-state index is -0.512. The second-order valence-corrected chi connectivity index (χ2v) is 1.02. The zero-order valence-corrected chi connectivity index (χ0v) is 3.14. The summed E-state index contributed by atoms with van der Waals surface area (Å²) in [6.45, 7) is 1.66. The van der Waals surface area contributed by atoms with Crippen molar-refractivity contribution >= 4 is 0 Å². The fourth-order valence-corrected chi connectivity index (χ4v) is 0. The Hall–Kier alpha value is -0.0800. The summed E-state index contributed by atoms with van der Waals surface area (Å²) in [7, 11) is 0. The molecule has 0 aromatic carbocycles. The zero-order valence-electron chi connectivity index (χ0n) is 4.14. The van der Waals surface area contributed by atoms with E-state index in [4.69, 9.17) is 6.54 Å². The van der Waals surface area contributed by atoms with Gasteiger partial charge in [-0.15, -0.1) is 0 Å². The average Bonchev–Trinajstić information content (AvgIpc) is 1.35. The molecule has 0 radical (unpaired) electrons. The summed E-state index contributed by atoms with van der Waals surface area (Å²) >= 11 is 0. The van der Waals surface area contributed by atoms with Crippen LogP contribution in [0.3, 0.4) is 0 Å². The minimum absolute atomic E-state index is 0.0972. The maximum atomic E-state index is 8.31. The van der Waals surface area contributed by atoms with Crippen LogP contribution in [-0.2, 0) is 0 Å². The van der Waals surface area contributed by atoms with Gasteiger partial charge in [-0.3, -0.25) is 0 Å². The molecular weight excluding hydrogens is 68.0 g/mol. The van der Waals surface area contributed by atoms with E-state index in [1.807, 2.05) is 0 Å². The molecule has 0 heterocycles. The highest BCUT2D eigenvalue weighted by atomic mass is 16.3. The van der Waals surface area contributed by atoms with E-state index in [0.29, 0.717) is 0 Å². The molecule has 0 spiro atoms. The van der Waals surface area contributed by atoms with Crippen LogP contribution in [0, 0.1) is 0 Å². The van der Waals surface area contributed by atoms with Crippen molar-refractivity contribution in [3.05, 3.63) is 0 Å². The van der Waals surface area contributed by atoms with Crippen molar-refractivity contribution in [2.24, 2.45) is 0 Å². The SMILES string of the molecule is [3H]OC[C@@H](C)O. The summed E-state index contributed by atoms with van der Waals surface area (Å²) in [6.07, 6.45) is -0.512. The Morgan fingerprint density at radius 3 is 2.80 bits per heavy atom. The fraction of sp³-hybridized carbons (Fsp3) is 1.00. The Morgan fingerprint density at radius 2 is 2.80 bits per heavy atom. The molecule has 2 heteroatoms. The molecule has 0 amide bonds. The van der Waals surface area contributed by atoms with E-state index in [2.05, 4.69) is 5.11 Å². The minimum Gasteiger partial charge on any atom is -0.394 e. The molecule has 0 aromatic rings. The van der Waals surface area contributed by atoms with Crippen LogP contribution in [0.25, 0.3) is 0 Å². The van der Waals surface area contributed by atoms with Gasteiger partial charge in [0.1, 0.15) is 0 Å². The van der Waals surface area contributed by atoms with Crippen LogP contribution in [0.2, 0.25) is 0 Å². The molecule has 0 rings (SSSR count). The van der Waals surface area contributed by atoms with Crippen molar-refractivity contribution in [3.63, 3.8) is 0 Å². The number of rotatable bonds is 2. The highest BCUT2D eigenvalue weighted by molar-refractivity contribution is 4.33. The van der Waals surface area contributed by atoms with Gasteiger partial charge in [-0.1, -0.05) is 0 Å². The number of hydrogen-bond acceptors (Lipinski definition) is 2. The lowest BCUT2D eigenvalue weighted by atomic mass is 10.5. The molecule has 0 aliphatic carbocycles. The number of hydrogen-bond donors (Lipinski definition) is 2. The van der Waals surface area contributed by atoms with E-state index in [0.717, 1.165) is 0 Å². The van der Waals surface area contributed by atoms with Crippen LogP contribution in [-0.4, -0.2) is 24.4 Å². The second kappa shape index (κ2) is 2.18. The molecule has 0 unspecified atom stereocenters. The molecule has 5 heavy (non-hydrogen) atoms. The molecule has 1 atom stereocenters. The van der Waals surface area contributed by atoms with Crippen molar-refractivity contribution in [3.8, 4) is 0 Å². The highest BCUT2D eigenvalue weighted by Crippen LogP contribution is 1.68. The second-order valence-electron chi connectivity index (χ2n) is 1.02. The summed E-state index contributed by atoms with van der Waals surface area (Å²) in [6, 6.07) is 0. The predicted molar refractivity (Wildman–Crippen MR) is 18.8 cm³/mol. The number of aliphatic hydroxyl groups excluding tert-OH is 2. The molecule has 0 saturated carbocycles. The predicted octanol–water partition coefficient (Wildman–Crippen LogP) is -0.641. The first kappa shape index (κ1) is 3.12. The largest absolute Gasteiger partial charge is 0.394 e. The molecule has 0 fully saturated rings. The Bertz CT molecular complexity index is 30.0. The molecule has 0 aromatic heterocycles. The summed E-state index contributed by atoms with van der Waals surface area (Å²) in [4.78, 5) is 0. The Morgan fingerprint density at radius 1 is 2.20 bits per heavy atom. The zero-order chi connectivity index (χ0) is 4.99. The fourth-order valence-electron chi connectivity index (χ4n) is 0. The topological polar surface area (TPSA) is 40.5 Å². The molecule has 0 bridgehead atoms. The van der Waals surface area contributed by atoms with Gasteiger partial charge in [-0.2, -0.15) is 0 Å². The van der Waals surface area contributed by atoms with E-state index >= 15 is 0 Å². The van der Waals surface area contributed by atoms with Crippen molar-refractivity contribution in [1.82, 2.24) is 0 Å². The lowest BCUT2D eigenvalue weighted by Gasteiger charge is -1.90. The van der Waals surface area contributed by atoms with Gasteiger partial charge in [0.2, 0.25) is 1.43 Å². The van der Waals surface area contributed by atoms with Crippen LogP contribution in [0.1, 0.15) is 6.92 Å². The summed E-state index contributed by atoms with van der Waals surface area (Å²) in [5, 5.41) is 12.1. The molecule has 32 valence electrons. The molecule has 0 aliphatic heterocycles. The van der Waals surface area contributed by atoms with Crippen molar-refractivity contribution in [1.29, 1.82) is 1.43 Å². The molecule has 2 N–H and O–H groups in total. The maximum absolute atomic E-state index is 8.31. The first-order valence-corrected chi connectivity index (χ1v) is 1.53. The summed E-state index contributed by atoms with van der Waals surface area (Å²) < 4.78 is 6.07. The third-order valence-corrected chi connectivity index (χ3v) is 0.241. The van der Waals surface area contributed by atoms with Gasteiger partial charge in [0.05, 0.1) is 12.7 Å². The standard InChI is InChI=1S/C3H8O2/c1-3(5)2-4/h3-5H,2H2,1H3/t3-/m1/s1/i4T. The number of aliphatic hydroxyl groups is 2. The lowest BCUT2D eigenvalue weighted by molar-refractivity contribution is 0.110. The van der Waals surface area contributed by atoms with Crippen LogP contribution in [0.4, 0.5) is 0 Å². The van der Waals surface area contributed by atoms with Crippen molar-refractivity contribution < 1.29 is 10.2 Å². The first-order valence-electron chi connectivity index (χ1n) is 1.94. The molecular formula is C3H8O2. The van der Waals surface area contributed by atoms with E-state index < -0.39 is 6.10 Å². The van der Waals surface area contributed by atoms with E-state index in [9.17, 15) is 0 Å². The van der Waals surface area contributed by atoms with Crippen molar-refractivity contribution in [2.45, 2.75) is 13.0 Å². The molecule has 0 saturated heterocycles. The van der Waals surface area contributed by atoms with Gasteiger partial charge in [0.15, 0.2) is 0 Å². The van der Waals surface area contributed by atoms with Gasteiger partial charge in [-0.25, -0.2) is 0 Å². The van der Waals surface area contributed by atoms with E-state index in [-0.39, 0.29) is 6.61 Å². The Kier molecular flexibility index (Phi) is 1.36. The third-order valence-electron chi connectivity index (χ3n) is 0.241. The van der Waals surface area contributed by atoms with Gasteiger partial charge < -0.3 is 10.2 Å². The van der Waals surface area contributed by atoms with E-state index in [1.165, 1.54) is 0 Å². The van der Waals surface area contributed by atoms with Crippen molar-refractivity contribution in [2.75, 3.05) is 6.61 Å². The summed E-state index contributed by atoms with van der Waals surface area (Å²) in [5.74, 6) is 0. The maximum Gasteiger partial charge on any atom is 0.210 e. The Balaban J connectivity index is 2.63. The van der Waals surface area contributed by atoms with Gasteiger partial charge in [0.25, 0.3) is 0 Å². The monoisotopic (exact) mass is 78.1 g/mol. The lowest BCUT2D eigenvalue weighted by Crippen LogP contribution is -2.03. The normalized spacial score (nSPS) is 17.6. The van der Waals surface area contributed by atoms with Gasteiger partial charge in [-0.05, 0) is 6.92 Å².